The maximum absolute atomic E-state index is 11.3. The summed E-state index contributed by atoms with van der Waals surface area (Å²) in [6.07, 6.45) is 5.24. The van der Waals surface area contributed by atoms with Crippen LogP contribution in [-0.4, -0.2) is 42.0 Å². The van der Waals surface area contributed by atoms with E-state index in [4.69, 9.17) is 5.73 Å². The van der Waals surface area contributed by atoms with Gasteiger partial charge in [-0.25, -0.2) is 14.8 Å². The summed E-state index contributed by atoms with van der Waals surface area (Å²) in [5.74, 6) is 0.344. The lowest BCUT2D eigenvalue weighted by Crippen LogP contribution is -2.35. The highest BCUT2D eigenvalue weighted by Gasteiger charge is 2.22. The summed E-state index contributed by atoms with van der Waals surface area (Å²) in [6.45, 7) is 1.62. The molecule has 2 heterocycles. The molecule has 0 aliphatic carbocycles. The van der Waals surface area contributed by atoms with Crippen molar-refractivity contribution in [2.75, 3.05) is 25.1 Å². The molecule has 0 unspecified atom stereocenters. The molecule has 0 aromatic carbocycles. The van der Waals surface area contributed by atoms with Gasteiger partial charge in [0.15, 0.2) is 5.69 Å². The number of anilines is 1. The van der Waals surface area contributed by atoms with Crippen LogP contribution in [0.25, 0.3) is 0 Å². The highest BCUT2D eigenvalue weighted by atomic mass is 16.5. The molecule has 1 aromatic heterocycles. The molecule has 0 spiro atoms. The van der Waals surface area contributed by atoms with E-state index in [1.807, 2.05) is 0 Å². The Kier molecular flexibility index (Phi) is 4.49. The SMILES string of the molecule is COC(=O)c1cnc(N2CCC(CC(N)=O)CC2)cn1. The Bertz CT molecular complexity index is 481. The van der Waals surface area contributed by atoms with E-state index < -0.39 is 5.97 Å². The van der Waals surface area contributed by atoms with Crippen molar-refractivity contribution in [2.45, 2.75) is 19.3 Å². The average molecular weight is 278 g/mol. The first-order chi connectivity index (χ1) is 9.60. The molecule has 7 nitrogen and oxygen atoms in total. The molecule has 0 saturated carbocycles. The van der Waals surface area contributed by atoms with Crippen molar-refractivity contribution in [3.63, 3.8) is 0 Å². The summed E-state index contributed by atoms with van der Waals surface area (Å²) >= 11 is 0. The van der Waals surface area contributed by atoms with Crippen LogP contribution in [0.15, 0.2) is 12.4 Å². The number of methoxy groups -OCH3 is 1. The number of hydrogen-bond donors (Lipinski definition) is 1. The molecular formula is C13H18N4O3. The number of nitrogens with two attached hydrogens (primary N) is 1. The molecular weight excluding hydrogens is 260 g/mol. The summed E-state index contributed by atoms with van der Waals surface area (Å²) < 4.78 is 4.57. The number of ether oxygens (including phenoxy) is 1. The molecule has 0 atom stereocenters. The zero-order valence-electron chi connectivity index (χ0n) is 11.4. The molecule has 7 heteroatoms. The number of piperidine rings is 1. The zero-order chi connectivity index (χ0) is 14.5. The fraction of sp³-hybridized carbons (Fsp3) is 0.538. The third-order valence-corrected chi connectivity index (χ3v) is 3.46. The van der Waals surface area contributed by atoms with Crippen LogP contribution >= 0.6 is 0 Å². The van der Waals surface area contributed by atoms with Crippen molar-refractivity contribution < 1.29 is 14.3 Å². The molecule has 20 heavy (non-hydrogen) atoms. The number of nitrogens with zero attached hydrogens (tertiary/aromatic N) is 3. The number of primary amides is 1. The van der Waals surface area contributed by atoms with E-state index in [1.54, 1.807) is 6.20 Å². The fourth-order valence-corrected chi connectivity index (χ4v) is 2.35. The third kappa shape index (κ3) is 3.43. The smallest absolute Gasteiger partial charge is 0.358 e. The average Bonchev–Trinajstić information content (AvgIpc) is 2.47. The number of amides is 1. The standard InChI is InChI=1S/C13H18N4O3/c1-20-13(19)10-7-16-12(8-15-10)17-4-2-9(3-5-17)6-11(14)18/h7-9H,2-6H2,1H3,(H2,14,18). The maximum atomic E-state index is 11.3. The van der Waals surface area contributed by atoms with Gasteiger partial charge >= 0.3 is 5.97 Å². The lowest BCUT2D eigenvalue weighted by Gasteiger charge is -2.32. The number of carbonyl (C=O) groups excluding carboxylic acids is 2. The van der Waals surface area contributed by atoms with Crippen LogP contribution in [0.4, 0.5) is 5.82 Å². The topological polar surface area (TPSA) is 98.4 Å². The van der Waals surface area contributed by atoms with E-state index in [0.29, 0.717) is 12.3 Å². The van der Waals surface area contributed by atoms with Crippen molar-refractivity contribution in [1.29, 1.82) is 0 Å². The summed E-state index contributed by atoms with van der Waals surface area (Å²) in [4.78, 5) is 32.5. The molecule has 1 aliphatic rings. The molecule has 1 aliphatic heterocycles. The minimum absolute atomic E-state index is 0.194. The lowest BCUT2D eigenvalue weighted by atomic mass is 9.93. The van der Waals surface area contributed by atoms with Gasteiger partial charge in [0, 0.05) is 19.5 Å². The molecule has 1 saturated heterocycles. The number of esters is 1. The molecule has 1 aromatic rings. The molecule has 1 amide bonds. The Balaban J connectivity index is 1.93. The Morgan fingerprint density at radius 3 is 2.55 bits per heavy atom. The van der Waals surface area contributed by atoms with Gasteiger partial charge in [0.05, 0.1) is 19.5 Å². The van der Waals surface area contributed by atoms with Crippen LogP contribution in [0, 0.1) is 5.92 Å². The normalized spacial score (nSPS) is 15.9. The van der Waals surface area contributed by atoms with Crippen LogP contribution < -0.4 is 10.6 Å². The molecule has 2 rings (SSSR count). The fourth-order valence-electron chi connectivity index (χ4n) is 2.35. The van der Waals surface area contributed by atoms with E-state index in [-0.39, 0.29) is 11.6 Å². The predicted molar refractivity (Wildman–Crippen MR) is 72.1 cm³/mol. The molecule has 0 radical (unpaired) electrons. The van der Waals surface area contributed by atoms with Crippen molar-refractivity contribution >= 4 is 17.7 Å². The Labute approximate surface area is 117 Å². The van der Waals surface area contributed by atoms with Gasteiger partial charge in [-0.3, -0.25) is 4.79 Å². The number of aromatic nitrogens is 2. The van der Waals surface area contributed by atoms with E-state index in [2.05, 4.69) is 19.6 Å². The molecule has 1 fully saturated rings. The summed E-state index contributed by atoms with van der Waals surface area (Å²) in [5.41, 5.74) is 5.40. The van der Waals surface area contributed by atoms with Gasteiger partial charge in [-0.2, -0.15) is 0 Å². The first kappa shape index (κ1) is 14.2. The van der Waals surface area contributed by atoms with Gasteiger partial charge in [-0.1, -0.05) is 0 Å². The summed E-state index contributed by atoms with van der Waals surface area (Å²) in [6, 6.07) is 0. The van der Waals surface area contributed by atoms with Crippen LogP contribution in [0.5, 0.6) is 0 Å². The Hall–Kier alpha value is -2.18. The quantitative estimate of drug-likeness (QED) is 0.798. The third-order valence-electron chi connectivity index (χ3n) is 3.46. The minimum Gasteiger partial charge on any atom is -0.464 e. The van der Waals surface area contributed by atoms with E-state index in [1.165, 1.54) is 13.3 Å². The van der Waals surface area contributed by atoms with Crippen LogP contribution in [0.1, 0.15) is 29.8 Å². The second kappa shape index (κ2) is 6.31. The van der Waals surface area contributed by atoms with Crippen LogP contribution in [0.3, 0.4) is 0 Å². The van der Waals surface area contributed by atoms with Crippen LogP contribution in [-0.2, 0) is 9.53 Å². The number of hydrogen-bond acceptors (Lipinski definition) is 6. The molecule has 108 valence electrons. The summed E-state index contributed by atoms with van der Waals surface area (Å²) in [5, 5.41) is 0. The van der Waals surface area contributed by atoms with Crippen molar-refractivity contribution in [2.24, 2.45) is 11.7 Å². The number of carbonyl (C=O) groups is 2. The van der Waals surface area contributed by atoms with Gasteiger partial charge in [0.1, 0.15) is 5.82 Å². The second-order valence-corrected chi connectivity index (χ2v) is 4.85. The highest BCUT2D eigenvalue weighted by molar-refractivity contribution is 5.86. The van der Waals surface area contributed by atoms with Gasteiger partial charge in [0.25, 0.3) is 0 Å². The minimum atomic E-state index is -0.496. The largest absolute Gasteiger partial charge is 0.464 e. The first-order valence-electron chi connectivity index (χ1n) is 6.53. The first-order valence-corrected chi connectivity index (χ1v) is 6.53. The number of rotatable bonds is 4. The van der Waals surface area contributed by atoms with Gasteiger partial charge in [0.2, 0.25) is 5.91 Å². The Morgan fingerprint density at radius 1 is 1.35 bits per heavy atom. The maximum Gasteiger partial charge on any atom is 0.358 e. The monoisotopic (exact) mass is 278 g/mol. The van der Waals surface area contributed by atoms with Crippen molar-refractivity contribution in [1.82, 2.24) is 9.97 Å². The second-order valence-electron chi connectivity index (χ2n) is 4.85. The van der Waals surface area contributed by atoms with Gasteiger partial charge in [-0.15, -0.1) is 0 Å². The van der Waals surface area contributed by atoms with E-state index >= 15 is 0 Å². The lowest BCUT2D eigenvalue weighted by molar-refractivity contribution is -0.119. The highest BCUT2D eigenvalue weighted by Crippen LogP contribution is 2.23. The van der Waals surface area contributed by atoms with Crippen LogP contribution in [0.2, 0.25) is 0 Å². The Morgan fingerprint density at radius 2 is 2.05 bits per heavy atom. The predicted octanol–water partition coefficient (Wildman–Crippen LogP) is 0.355. The van der Waals surface area contributed by atoms with Gasteiger partial charge in [-0.05, 0) is 18.8 Å². The molecule has 2 N–H and O–H groups in total. The van der Waals surface area contributed by atoms with Crippen molar-refractivity contribution in [3.05, 3.63) is 18.1 Å². The van der Waals surface area contributed by atoms with E-state index in [9.17, 15) is 9.59 Å². The van der Waals surface area contributed by atoms with Gasteiger partial charge < -0.3 is 15.4 Å². The van der Waals surface area contributed by atoms with E-state index in [0.717, 1.165) is 31.7 Å². The van der Waals surface area contributed by atoms with Crippen molar-refractivity contribution in [3.8, 4) is 0 Å². The zero-order valence-corrected chi connectivity index (χ0v) is 11.4. The summed E-state index contributed by atoms with van der Waals surface area (Å²) in [7, 11) is 1.31. The molecule has 0 bridgehead atoms.